The quantitative estimate of drug-likeness (QED) is 0.512. The highest BCUT2D eigenvalue weighted by Gasteiger charge is 2.36. The molecule has 2 aromatic carbocycles. The molecule has 0 spiro atoms. The van der Waals surface area contributed by atoms with E-state index in [0.717, 1.165) is 22.3 Å². The Balaban J connectivity index is 2.40. The summed E-state index contributed by atoms with van der Waals surface area (Å²) in [7, 11) is 0. The van der Waals surface area contributed by atoms with Crippen molar-refractivity contribution in [2.75, 3.05) is 6.61 Å². The van der Waals surface area contributed by atoms with Gasteiger partial charge in [-0.3, -0.25) is 0 Å². The van der Waals surface area contributed by atoms with Gasteiger partial charge < -0.3 is 25.5 Å². The van der Waals surface area contributed by atoms with E-state index in [4.69, 9.17) is 5.11 Å². The third kappa shape index (κ3) is 4.66. The van der Waals surface area contributed by atoms with Crippen molar-refractivity contribution in [1.82, 2.24) is 0 Å². The first-order valence-electron chi connectivity index (χ1n) is 8.31. The molecule has 0 radical (unpaired) electrons. The van der Waals surface area contributed by atoms with Gasteiger partial charge in [0.1, 0.15) is 18.3 Å². The van der Waals surface area contributed by atoms with Crippen LogP contribution >= 0.6 is 0 Å². The van der Waals surface area contributed by atoms with Crippen molar-refractivity contribution in [1.29, 1.82) is 0 Å². The van der Waals surface area contributed by atoms with Crippen molar-refractivity contribution in [3.63, 3.8) is 0 Å². The normalized spacial score (nSPS) is 16.5. The molecule has 5 nitrogen and oxygen atoms in total. The Bertz CT molecular complexity index is 607. The number of aliphatic hydroxyl groups is 5. The summed E-state index contributed by atoms with van der Waals surface area (Å²) in [5, 5.41) is 49.6. The van der Waals surface area contributed by atoms with Crippen molar-refractivity contribution in [2.45, 2.75) is 44.2 Å². The Kier molecular flexibility index (Phi) is 6.70. The first kappa shape index (κ1) is 19.6. The van der Waals surface area contributed by atoms with Gasteiger partial charge in [-0.2, -0.15) is 0 Å². The largest absolute Gasteiger partial charge is 0.394 e. The van der Waals surface area contributed by atoms with Crippen LogP contribution in [0.3, 0.4) is 0 Å². The topological polar surface area (TPSA) is 101 Å². The first-order chi connectivity index (χ1) is 11.8. The second-order valence-electron chi connectivity index (χ2n) is 6.52. The number of rotatable bonds is 7. The summed E-state index contributed by atoms with van der Waals surface area (Å²) in [6, 6.07) is 15.1. The molecule has 0 saturated heterocycles. The maximum absolute atomic E-state index is 10.7. The highest BCUT2D eigenvalue weighted by Crippen LogP contribution is 2.31. The van der Waals surface area contributed by atoms with Crippen LogP contribution in [0.4, 0.5) is 0 Å². The van der Waals surface area contributed by atoms with Gasteiger partial charge in [0.15, 0.2) is 0 Å². The van der Waals surface area contributed by atoms with Crippen molar-refractivity contribution < 1.29 is 25.5 Å². The summed E-state index contributed by atoms with van der Waals surface area (Å²) < 4.78 is 0. The molecule has 4 atom stereocenters. The van der Waals surface area contributed by atoms with Gasteiger partial charge in [0.25, 0.3) is 0 Å². The predicted octanol–water partition coefficient (Wildman–Crippen LogP) is 0.871. The second kappa shape index (κ2) is 8.56. The van der Waals surface area contributed by atoms with Crippen LogP contribution in [0, 0.1) is 13.8 Å². The lowest BCUT2D eigenvalue weighted by atomic mass is 9.82. The number of aliphatic hydroxyl groups excluding tert-OH is 5. The third-order valence-electron chi connectivity index (χ3n) is 4.50. The molecule has 0 aliphatic heterocycles. The maximum Gasteiger partial charge on any atom is 0.111 e. The molecular formula is C20H26O5. The minimum Gasteiger partial charge on any atom is -0.394 e. The molecule has 0 heterocycles. The van der Waals surface area contributed by atoms with Crippen LogP contribution < -0.4 is 0 Å². The highest BCUT2D eigenvalue weighted by molar-refractivity contribution is 5.37. The molecule has 25 heavy (non-hydrogen) atoms. The maximum atomic E-state index is 10.7. The zero-order chi connectivity index (χ0) is 18.6. The van der Waals surface area contributed by atoms with Crippen LogP contribution in [0.15, 0.2) is 48.5 Å². The van der Waals surface area contributed by atoms with Gasteiger partial charge in [0, 0.05) is 5.92 Å². The minimum absolute atomic E-state index is 0.586. The van der Waals surface area contributed by atoms with E-state index < -0.39 is 36.9 Å². The smallest absolute Gasteiger partial charge is 0.111 e. The molecule has 5 heteroatoms. The van der Waals surface area contributed by atoms with Crippen molar-refractivity contribution in [3.8, 4) is 0 Å². The molecule has 2 rings (SSSR count). The Hall–Kier alpha value is -1.76. The average Bonchev–Trinajstić information content (AvgIpc) is 2.63. The number of benzene rings is 2. The van der Waals surface area contributed by atoms with Gasteiger partial charge in [-0.05, 0) is 25.0 Å². The molecule has 0 aliphatic rings. The molecule has 136 valence electrons. The van der Waals surface area contributed by atoms with Gasteiger partial charge in [-0.1, -0.05) is 59.7 Å². The summed E-state index contributed by atoms with van der Waals surface area (Å²) in [6.07, 6.45) is -6.16. The summed E-state index contributed by atoms with van der Waals surface area (Å²) in [6.45, 7) is 3.21. The van der Waals surface area contributed by atoms with E-state index in [-0.39, 0.29) is 0 Å². The summed E-state index contributed by atoms with van der Waals surface area (Å²) in [4.78, 5) is 0. The Morgan fingerprint density at radius 2 is 1.04 bits per heavy atom. The van der Waals surface area contributed by atoms with Crippen LogP contribution in [-0.2, 0) is 0 Å². The monoisotopic (exact) mass is 346 g/mol. The molecule has 0 fully saturated rings. The lowest BCUT2D eigenvalue weighted by Gasteiger charge is -2.31. The Labute approximate surface area is 147 Å². The summed E-state index contributed by atoms with van der Waals surface area (Å²) in [5.41, 5.74) is 3.70. The summed E-state index contributed by atoms with van der Waals surface area (Å²) >= 11 is 0. The van der Waals surface area contributed by atoms with E-state index >= 15 is 0 Å². The van der Waals surface area contributed by atoms with Gasteiger partial charge in [0.05, 0.1) is 12.7 Å². The van der Waals surface area contributed by atoms with Crippen molar-refractivity contribution in [3.05, 3.63) is 70.8 Å². The zero-order valence-electron chi connectivity index (χ0n) is 14.4. The Morgan fingerprint density at radius 1 is 0.640 bits per heavy atom. The number of hydrogen-bond donors (Lipinski definition) is 5. The van der Waals surface area contributed by atoms with Crippen LogP contribution in [0.25, 0.3) is 0 Å². The van der Waals surface area contributed by atoms with Crippen LogP contribution in [0.5, 0.6) is 0 Å². The van der Waals surface area contributed by atoms with E-state index in [1.54, 1.807) is 0 Å². The first-order valence-corrected chi connectivity index (χ1v) is 8.31. The number of aryl methyl sites for hydroxylation is 2. The van der Waals surface area contributed by atoms with Crippen molar-refractivity contribution in [2.24, 2.45) is 0 Å². The fourth-order valence-electron chi connectivity index (χ4n) is 2.87. The molecule has 0 amide bonds. The molecule has 2 aromatic rings. The molecular weight excluding hydrogens is 320 g/mol. The van der Waals surface area contributed by atoms with E-state index in [2.05, 4.69) is 0 Å². The lowest BCUT2D eigenvalue weighted by Crippen LogP contribution is -2.48. The predicted molar refractivity (Wildman–Crippen MR) is 95.3 cm³/mol. The standard InChI is InChI=1S/C20H26O5/c1-12-3-7-14(8-4-12)17(15-9-5-13(2)6-10-15)19(24)20(25)18(23)16(22)11-21/h3-10,16-25H,11H2,1-2H3/t16-,18-,19+,20+/m1/s1. The molecule has 5 N–H and O–H groups in total. The molecule has 0 saturated carbocycles. The van der Waals surface area contributed by atoms with E-state index in [1.807, 2.05) is 62.4 Å². The van der Waals surface area contributed by atoms with Crippen LogP contribution in [0.2, 0.25) is 0 Å². The van der Waals surface area contributed by atoms with Crippen LogP contribution in [0.1, 0.15) is 28.2 Å². The Morgan fingerprint density at radius 3 is 1.40 bits per heavy atom. The third-order valence-corrected chi connectivity index (χ3v) is 4.50. The highest BCUT2D eigenvalue weighted by atomic mass is 16.4. The van der Waals surface area contributed by atoms with Gasteiger partial charge in [-0.25, -0.2) is 0 Å². The zero-order valence-corrected chi connectivity index (χ0v) is 14.4. The van der Waals surface area contributed by atoms with Gasteiger partial charge in [0.2, 0.25) is 0 Å². The minimum atomic E-state index is -1.65. The second-order valence-corrected chi connectivity index (χ2v) is 6.52. The molecule has 0 aromatic heterocycles. The van der Waals surface area contributed by atoms with Crippen molar-refractivity contribution >= 4 is 0 Å². The van der Waals surface area contributed by atoms with Gasteiger partial charge >= 0.3 is 0 Å². The number of hydrogen-bond acceptors (Lipinski definition) is 5. The molecule has 0 aliphatic carbocycles. The average molecular weight is 346 g/mol. The van der Waals surface area contributed by atoms with E-state index in [1.165, 1.54) is 0 Å². The summed E-state index contributed by atoms with van der Waals surface area (Å²) in [5.74, 6) is -0.586. The SMILES string of the molecule is Cc1ccc(C(c2ccc(C)cc2)[C@H](O)[C@@H](O)[C@H](O)[C@H](O)CO)cc1. The lowest BCUT2D eigenvalue weighted by molar-refractivity contribution is -0.117. The molecule has 0 bridgehead atoms. The fraction of sp³-hybridized carbons (Fsp3) is 0.400. The van der Waals surface area contributed by atoms with E-state index in [9.17, 15) is 20.4 Å². The van der Waals surface area contributed by atoms with Gasteiger partial charge in [-0.15, -0.1) is 0 Å². The van der Waals surface area contributed by atoms with E-state index in [0.29, 0.717) is 0 Å². The fourth-order valence-corrected chi connectivity index (χ4v) is 2.87. The van der Waals surface area contributed by atoms with Crippen LogP contribution in [-0.4, -0.2) is 56.6 Å². The molecule has 0 unspecified atom stereocenters.